The summed E-state index contributed by atoms with van der Waals surface area (Å²) < 4.78 is 31.0. The van der Waals surface area contributed by atoms with E-state index in [2.05, 4.69) is 20.1 Å². The highest BCUT2D eigenvalue weighted by molar-refractivity contribution is 7.91. The highest BCUT2D eigenvalue weighted by atomic mass is 32.2. The van der Waals surface area contributed by atoms with E-state index in [-0.39, 0.29) is 5.75 Å². The molecule has 0 fully saturated rings. The molecule has 18 heavy (non-hydrogen) atoms. The molecule has 0 aliphatic carbocycles. The lowest BCUT2D eigenvalue weighted by Gasteiger charge is -2.04. The van der Waals surface area contributed by atoms with Crippen molar-refractivity contribution in [2.24, 2.45) is 0 Å². The van der Waals surface area contributed by atoms with Gasteiger partial charge in [-0.3, -0.25) is 9.82 Å². The molecule has 0 bridgehead atoms. The molecule has 2 N–H and O–H groups in total. The molecular formula is C10H14N4O3S. The largest absolute Gasteiger partial charge is 0.361 e. The van der Waals surface area contributed by atoms with Gasteiger partial charge in [0.1, 0.15) is 17.2 Å². The number of aryl methyl sites for hydroxylation is 2. The summed E-state index contributed by atoms with van der Waals surface area (Å²) >= 11 is 0. The minimum atomic E-state index is -3.54. The summed E-state index contributed by atoms with van der Waals surface area (Å²) in [5.41, 5.74) is 1.96. The minimum Gasteiger partial charge on any atom is -0.361 e. The van der Waals surface area contributed by atoms with E-state index in [1.165, 1.54) is 0 Å². The molecule has 0 saturated carbocycles. The Balaban J connectivity index is 2.15. The van der Waals surface area contributed by atoms with E-state index in [9.17, 15) is 8.42 Å². The number of aromatic amines is 1. The summed E-state index contributed by atoms with van der Waals surface area (Å²) in [4.78, 5) is 0. The molecule has 0 radical (unpaired) electrons. The summed E-state index contributed by atoms with van der Waals surface area (Å²) in [6, 6.07) is 1.59. The Morgan fingerprint density at radius 3 is 2.61 bits per heavy atom. The summed E-state index contributed by atoms with van der Waals surface area (Å²) in [5.74, 6) is 0.648. The number of sulfonamides is 1. The third-order valence-electron chi connectivity index (χ3n) is 2.52. The molecule has 0 amide bonds. The Kier molecular flexibility index (Phi) is 3.12. The van der Waals surface area contributed by atoms with Crippen LogP contribution in [0.15, 0.2) is 10.6 Å². The molecule has 2 rings (SSSR count). The van der Waals surface area contributed by atoms with E-state index in [1.54, 1.807) is 19.9 Å². The van der Waals surface area contributed by atoms with E-state index in [4.69, 9.17) is 4.52 Å². The van der Waals surface area contributed by atoms with Crippen molar-refractivity contribution in [3.63, 3.8) is 0 Å². The minimum absolute atomic E-state index is 0.240. The maximum Gasteiger partial charge on any atom is 0.239 e. The highest BCUT2D eigenvalue weighted by Crippen LogP contribution is 2.16. The molecule has 2 heterocycles. The van der Waals surface area contributed by atoms with Gasteiger partial charge in [-0.1, -0.05) is 5.16 Å². The Morgan fingerprint density at radius 2 is 2.11 bits per heavy atom. The van der Waals surface area contributed by atoms with Crippen LogP contribution in [-0.2, 0) is 15.8 Å². The predicted molar refractivity (Wildman–Crippen MR) is 65.5 cm³/mol. The monoisotopic (exact) mass is 270 g/mol. The second-order valence-electron chi connectivity index (χ2n) is 4.11. The Morgan fingerprint density at radius 1 is 1.39 bits per heavy atom. The number of rotatable bonds is 4. The van der Waals surface area contributed by atoms with E-state index in [0.717, 1.165) is 11.3 Å². The topological polar surface area (TPSA) is 101 Å². The molecule has 0 aromatic carbocycles. The number of hydrogen-bond donors (Lipinski definition) is 2. The molecule has 0 aliphatic heterocycles. The number of nitrogens with zero attached hydrogens (tertiary/aromatic N) is 2. The van der Waals surface area contributed by atoms with Gasteiger partial charge in [0.25, 0.3) is 0 Å². The van der Waals surface area contributed by atoms with Gasteiger partial charge in [-0.05, 0) is 20.8 Å². The van der Waals surface area contributed by atoms with Gasteiger partial charge in [0, 0.05) is 17.3 Å². The normalized spacial score (nSPS) is 11.7. The zero-order valence-corrected chi connectivity index (χ0v) is 11.1. The van der Waals surface area contributed by atoms with Crippen LogP contribution in [0.3, 0.4) is 0 Å². The van der Waals surface area contributed by atoms with Crippen molar-refractivity contribution < 1.29 is 12.9 Å². The van der Waals surface area contributed by atoms with Crippen LogP contribution in [0.5, 0.6) is 0 Å². The van der Waals surface area contributed by atoms with Gasteiger partial charge in [-0.25, -0.2) is 8.42 Å². The lowest BCUT2D eigenvalue weighted by atomic mass is 10.3. The number of H-pyrrole nitrogens is 1. The molecule has 8 heteroatoms. The van der Waals surface area contributed by atoms with Crippen LogP contribution in [-0.4, -0.2) is 23.8 Å². The van der Waals surface area contributed by atoms with Gasteiger partial charge in [0.2, 0.25) is 10.0 Å². The first-order chi connectivity index (χ1) is 8.37. The van der Waals surface area contributed by atoms with Crippen molar-refractivity contribution in [2.45, 2.75) is 26.5 Å². The summed E-state index contributed by atoms with van der Waals surface area (Å²) in [7, 11) is -3.54. The molecule has 0 saturated heterocycles. The van der Waals surface area contributed by atoms with Gasteiger partial charge >= 0.3 is 0 Å². The van der Waals surface area contributed by atoms with Crippen molar-refractivity contribution >= 4 is 15.8 Å². The van der Waals surface area contributed by atoms with Crippen LogP contribution in [0, 0.1) is 20.8 Å². The molecule has 2 aromatic heterocycles. The van der Waals surface area contributed by atoms with Gasteiger partial charge in [0.05, 0.1) is 0 Å². The summed E-state index contributed by atoms with van der Waals surface area (Å²) in [6.07, 6.45) is 0. The average Bonchev–Trinajstić information content (AvgIpc) is 2.78. The maximum atomic E-state index is 11.9. The van der Waals surface area contributed by atoms with Crippen LogP contribution in [0.1, 0.15) is 22.7 Å². The van der Waals surface area contributed by atoms with E-state index < -0.39 is 10.0 Å². The Hall–Kier alpha value is -1.83. The van der Waals surface area contributed by atoms with Crippen LogP contribution in [0.4, 0.5) is 5.82 Å². The predicted octanol–water partition coefficient (Wildman–Crippen LogP) is 1.26. The van der Waals surface area contributed by atoms with Gasteiger partial charge in [-0.2, -0.15) is 5.10 Å². The highest BCUT2D eigenvalue weighted by Gasteiger charge is 2.17. The lowest BCUT2D eigenvalue weighted by molar-refractivity contribution is 0.392. The quantitative estimate of drug-likeness (QED) is 0.871. The number of anilines is 1. The third-order valence-corrected chi connectivity index (χ3v) is 3.70. The van der Waals surface area contributed by atoms with Gasteiger partial charge < -0.3 is 4.52 Å². The maximum absolute atomic E-state index is 11.9. The molecule has 0 spiro atoms. The van der Waals surface area contributed by atoms with Crippen LogP contribution < -0.4 is 4.72 Å². The second kappa shape index (κ2) is 4.45. The molecule has 0 aliphatic rings. The van der Waals surface area contributed by atoms with Crippen molar-refractivity contribution in [2.75, 3.05) is 4.72 Å². The Labute approximate surface area is 105 Å². The third kappa shape index (κ3) is 2.70. The first kappa shape index (κ1) is 12.6. The first-order valence-electron chi connectivity index (χ1n) is 5.31. The van der Waals surface area contributed by atoms with Crippen molar-refractivity contribution in [1.29, 1.82) is 0 Å². The van der Waals surface area contributed by atoms with E-state index in [0.29, 0.717) is 17.3 Å². The zero-order chi connectivity index (χ0) is 13.3. The smallest absolute Gasteiger partial charge is 0.239 e. The molecule has 0 unspecified atom stereocenters. The van der Waals surface area contributed by atoms with Crippen LogP contribution in [0.2, 0.25) is 0 Å². The molecule has 2 aromatic rings. The standard InChI is InChI=1S/C10H14N4O3S/c1-6-4-9(13-17-6)5-18(15,16)14-10-7(2)8(3)11-12-10/h4H,5H2,1-3H3,(H2,11,12,14). The zero-order valence-electron chi connectivity index (χ0n) is 10.3. The molecule has 0 atom stereocenters. The van der Waals surface area contributed by atoms with E-state index >= 15 is 0 Å². The van der Waals surface area contributed by atoms with Crippen LogP contribution >= 0.6 is 0 Å². The average molecular weight is 270 g/mol. The number of nitrogens with one attached hydrogen (secondary N) is 2. The number of hydrogen-bond acceptors (Lipinski definition) is 5. The fourth-order valence-corrected chi connectivity index (χ4v) is 2.54. The molecule has 98 valence electrons. The summed E-state index contributed by atoms with van der Waals surface area (Å²) in [6.45, 7) is 5.32. The molecule has 7 nitrogen and oxygen atoms in total. The van der Waals surface area contributed by atoms with Crippen LogP contribution in [0.25, 0.3) is 0 Å². The first-order valence-corrected chi connectivity index (χ1v) is 6.97. The second-order valence-corrected chi connectivity index (χ2v) is 5.83. The fourth-order valence-electron chi connectivity index (χ4n) is 1.45. The van der Waals surface area contributed by atoms with Crippen molar-refractivity contribution in [1.82, 2.24) is 15.4 Å². The van der Waals surface area contributed by atoms with Gasteiger partial charge in [0.15, 0.2) is 5.82 Å². The fraction of sp³-hybridized carbons (Fsp3) is 0.400. The SMILES string of the molecule is Cc1cc(CS(=O)(=O)Nc2n[nH]c(C)c2C)no1. The lowest BCUT2D eigenvalue weighted by Crippen LogP contribution is -2.16. The number of aromatic nitrogens is 3. The van der Waals surface area contributed by atoms with Crippen molar-refractivity contribution in [3.8, 4) is 0 Å². The van der Waals surface area contributed by atoms with E-state index in [1.807, 2.05) is 6.92 Å². The summed E-state index contributed by atoms with van der Waals surface area (Å²) in [5, 5.41) is 10.3. The Bertz CT molecular complexity index is 656. The molecular weight excluding hydrogens is 256 g/mol. The van der Waals surface area contributed by atoms with Gasteiger partial charge in [-0.15, -0.1) is 0 Å². The van der Waals surface area contributed by atoms with Crippen molar-refractivity contribution in [3.05, 3.63) is 28.8 Å².